The van der Waals surface area contributed by atoms with Gasteiger partial charge in [-0.2, -0.15) is 0 Å². The molecule has 2 aromatic carbocycles. The number of anilines is 1. The second kappa shape index (κ2) is 11.6. The average Bonchev–Trinajstić information content (AvgIpc) is 2.65. The van der Waals surface area contributed by atoms with Crippen LogP contribution in [-0.4, -0.2) is 29.9 Å². The molecule has 0 atom stereocenters. The fourth-order valence-electron chi connectivity index (χ4n) is 2.60. The molecular weight excluding hydrogens is 451 g/mol. The molecule has 0 aliphatic rings. The third-order valence-electron chi connectivity index (χ3n) is 4.16. The smallest absolute Gasteiger partial charge is 0.244 e. The first kappa shape index (κ1) is 23.0. The Kier molecular flexibility index (Phi) is 9.85. The molecule has 2 rings (SSSR count). The van der Waals surface area contributed by atoms with E-state index in [-0.39, 0.29) is 42.4 Å². The summed E-state index contributed by atoms with van der Waals surface area (Å²) in [6, 6.07) is 18.0. The van der Waals surface area contributed by atoms with Gasteiger partial charge in [-0.05, 0) is 36.1 Å². The summed E-state index contributed by atoms with van der Waals surface area (Å²) in [4.78, 5) is 18.4. The number of carbonyl (C=O) groups excluding carboxylic acids is 1. The van der Waals surface area contributed by atoms with Crippen molar-refractivity contribution in [1.29, 1.82) is 0 Å². The molecule has 1 amide bonds. The number of aliphatic imine (C=N–C) groups is 1. The zero-order valence-electron chi connectivity index (χ0n) is 16.2. The van der Waals surface area contributed by atoms with E-state index >= 15 is 0 Å². The number of hydrogen-bond donors (Lipinski definition) is 2. The Hall–Kier alpha value is -2.09. The van der Waals surface area contributed by atoms with Crippen LogP contribution >= 0.6 is 24.0 Å². The van der Waals surface area contributed by atoms with Crippen molar-refractivity contribution in [3.63, 3.8) is 0 Å². The number of likely N-dealkylation sites (N-methyl/N-ethyl adjacent to an activating group) is 1. The van der Waals surface area contributed by atoms with Crippen LogP contribution in [0.3, 0.4) is 0 Å². The first-order valence-corrected chi connectivity index (χ1v) is 8.98. The molecule has 3 N–H and O–H groups in total. The maximum atomic E-state index is 12.4. The lowest BCUT2D eigenvalue weighted by Gasteiger charge is -2.20. The van der Waals surface area contributed by atoms with E-state index in [1.165, 1.54) is 5.56 Å². The van der Waals surface area contributed by atoms with Crippen molar-refractivity contribution in [2.45, 2.75) is 33.2 Å². The first-order chi connectivity index (χ1) is 12.5. The molecule has 6 heteroatoms. The van der Waals surface area contributed by atoms with Crippen LogP contribution < -0.4 is 11.1 Å². The Morgan fingerprint density at radius 1 is 1.15 bits per heavy atom. The Balaban J connectivity index is 0.00000364. The van der Waals surface area contributed by atoms with Crippen molar-refractivity contribution in [3.05, 3.63) is 65.7 Å². The van der Waals surface area contributed by atoms with E-state index < -0.39 is 0 Å². The van der Waals surface area contributed by atoms with Crippen LogP contribution in [0.25, 0.3) is 0 Å². The largest absolute Gasteiger partial charge is 0.370 e. The van der Waals surface area contributed by atoms with Gasteiger partial charge >= 0.3 is 0 Å². The van der Waals surface area contributed by atoms with E-state index in [4.69, 9.17) is 5.73 Å². The summed E-state index contributed by atoms with van der Waals surface area (Å²) in [6.07, 6.45) is 0. The maximum Gasteiger partial charge on any atom is 0.244 e. The van der Waals surface area contributed by atoms with Gasteiger partial charge in [0.15, 0.2) is 5.96 Å². The molecule has 27 heavy (non-hydrogen) atoms. The zero-order chi connectivity index (χ0) is 18.9. The van der Waals surface area contributed by atoms with Crippen LogP contribution in [0.5, 0.6) is 0 Å². The lowest BCUT2D eigenvalue weighted by atomic mass is 10.0. The van der Waals surface area contributed by atoms with Crippen LogP contribution in [-0.2, 0) is 11.3 Å². The van der Waals surface area contributed by atoms with Crippen molar-refractivity contribution in [1.82, 2.24) is 4.90 Å². The van der Waals surface area contributed by atoms with Gasteiger partial charge in [0.25, 0.3) is 0 Å². The number of carbonyl (C=O) groups is 1. The molecule has 146 valence electrons. The van der Waals surface area contributed by atoms with Crippen molar-refractivity contribution in [2.24, 2.45) is 10.7 Å². The third kappa shape index (κ3) is 7.58. The zero-order valence-corrected chi connectivity index (χ0v) is 18.5. The van der Waals surface area contributed by atoms with Gasteiger partial charge in [0.05, 0.1) is 0 Å². The molecule has 0 aliphatic carbocycles. The molecule has 5 nitrogen and oxygen atoms in total. The van der Waals surface area contributed by atoms with Crippen LogP contribution in [0.15, 0.2) is 59.6 Å². The highest BCUT2D eigenvalue weighted by Gasteiger charge is 2.11. The van der Waals surface area contributed by atoms with Gasteiger partial charge in [-0.1, -0.05) is 56.3 Å². The number of rotatable bonds is 7. The summed E-state index contributed by atoms with van der Waals surface area (Å²) < 4.78 is 0. The van der Waals surface area contributed by atoms with E-state index in [2.05, 4.69) is 30.2 Å². The molecule has 0 spiro atoms. The fourth-order valence-corrected chi connectivity index (χ4v) is 2.60. The number of nitrogens with one attached hydrogen (secondary N) is 1. The van der Waals surface area contributed by atoms with E-state index in [0.717, 1.165) is 11.3 Å². The second-order valence-electron chi connectivity index (χ2n) is 6.50. The highest BCUT2D eigenvalue weighted by Crippen LogP contribution is 2.18. The van der Waals surface area contributed by atoms with Crippen molar-refractivity contribution < 1.29 is 4.79 Å². The second-order valence-corrected chi connectivity index (χ2v) is 6.50. The van der Waals surface area contributed by atoms with Gasteiger partial charge in [-0.3, -0.25) is 4.79 Å². The topological polar surface area (TPSA) is 70.7 Å². The third-order valence-corrected chi connectivity index (χ3v) is 4.16. The Labute approximate surface area is 179 Å². The molecule has 2 aromatic rings. The van der Waals surface area contributed by atoms with Crippen LogP contribution in [0, 0.1) is 0 Å². The molecule has 0 saturated carbocycles. The Morgan fingerprint density at radius 2 is 1.85 bits per heavy atom. The number of nitrogens with two attached hydrogens (primary N) is 1. The predicted molar refractivity (Wildman–Crippen MR) is 124 cm³/mol. The summed E-state index contributed by atoms with van der Waals surface area (Å²) in [6.45, 7) is 7.48. The fraction of sp³-hybridized carbons (Fsp3) is 0.333. The van der Waals surface area contributed by atoms with Crippen LogP contribution in [0.4, 0.5) is 5.69 Å². The molecule has 0 fully saturated rings. The molecule has 0 aromatic heterocycles. The SMILES string of the molecule is CCN(Cc1ccccc1)C(=O)CN=C(N)Nc1cccc(C(C)C)c1.I. The quantitative estimate of drug-likeness (QED) is 0.355. The lowest BCUT2D eigenvalue weighted by molar-refractivity contribution is -0.130. The molecule has 0 bridgehead atoms. The summed E-state index contributed by atoms with van der Waals surface area (Å²) in [5.41, 5.74) is 9.14. The summed E-state index contributed by atoms with van der Waals surface area (Å²) >= 11 is 0. The van der Waals surface area contributed by atoms with E-state index in [0.29, 0.717) is 19.0 Å². The van der Waals surface area contributed by atoms with Crippen molar-refractivity contribution in [3.8, 4) is 0 Å². The lowest BCUT2D eigenvalue weighted by Crippen LogP contribution is -2.33. The van der Waals surface area contributed by atoms with E-state index in [1.807, 2.05) is 55.5 Å². The van der Waals surface area contributed by atoms with Gasteiger partial charge in [-0.15, -0.1) is 24.0 Å². The number of hydrogen-bond acceptors (Lipinski definition) is 2. The number of guanidine groups is 1. The van der Waals surface area contributed by atoms with Crippen molar-refractivity contribution in [2.75, 3.05) is 18.4 Å². The standard InChI is InChI=1S/C21H28N4O.HI/c1-4-25(15-17-9-6-5-7-10-17)20(26)14-23-21(22)24-19-12-8-11-18(13-19)16(2)3;/h5-13,16H,4,14-15H2,1-3H3,(H3,22,23,24);1H. The van der Waals surface area contributed by atoms with E-state index in [9.17, 15) is 4.79 Å². The Bertz CT molecular complexity index is 747. The van der Waals surface area contributed by atoms with Crippen LogP contribution in [0.1, 0.15) is 37.8 Å². The van der Waals surface area contributed by atoms with E-state index in [1.54, 1.807) is 4.90 Å². The molecule has 0 saturated heterocycles. The van der Waals surface area contributed by atoms with Gasteiger partial charge in [0.1, 0.15) is 6.54 Å². The first-order valence-electron chi connectivity index (χ1n) is 8.98. The number of halogens is 1. The van der Waals surface area contributed by atoms with Crippen LogP contribution in [0.2, 0.25) is 0 Å². The number of nitrogens with zero attached hydrogens (tertiary/aromatic N) is 2. The molecule has 0 unspecified atom stereocenters. The van der Waals surface area contributed by atoms with Gasteiger partial charge < -0.3 is 16.0 Å². The van der Waals surface area contributed by atoms with Gasteiger partial charge in [0.2, 0.25) is 5.91 Å². The normalized spacial score (nSPS) is 11.0. The number of amides is 1. The van der Waals surface area contributed by atoms with Crippen molar-refractivity contribution >= 4 is 41.5 Å². The molecular formula is C21H29IN4O. The number of benzene rings is 2. The summed E-state index contributed by atoms with van der Waals surface area (Å²) in [7, 11) is 0. The summed E-state index contributed by atoms with van der Waals surface area (Å²) in [5.74, 6) is 0.639. The average molecular weight is 480 g/mol. The molecule has 0 aliphatic heterocycles. The minimum Gasteiger partial charge on any atom is -0.370 e. The monoisotopic (exact) mass is 480 g/mol. The minimum atomic E-state index is -0.0444. The molecule has 0 heterocycles. The minimum absolute atomic E-state index is 0. The Morgan fingerprint density at radius 3 is 2.48 bits per heavy atom. The van der Waals surface area contributed by atoms with Gasteiger partial charge in [0, 0.05) is 18.8 Å². The maximum absolute atomic E-state index is 12.4. The molecule has 0 radical (unpaired) electrons. The highest BCUT2D eigenvalue weighted by atomic mass is 127. The highest BCUT2D eigenvalue weighted by molar-refractivity contribution is 14.0. The summed E-state index contributed by atoms with van der Waals surface area (Å²) in [5, 5.41) is 3.06. The predicted octanol–water partition coefficient (Wildman–Crippen LogP) is 4.20. The van der Waals surface area contributed by atoms with Gasteiger partial charge in [-0.25, -0.2) is 4.99 Å².